The van der Waals surface area contributed by atoms with Crippen LogP contribution in [0.4, 0.5) is 13.2 Å². The lowest BCUT2D eigenvalue weighted by atomic mass is 10.2. The molecule has 0 saturated heterocycles. The fourth-order valence-corrected chi connectivity index (χ4v) is 1.25. The third-order valence-corrected chi connectivity index (χ3v) is 2.01. The fraction of sp³-hybridized carbons (Fsp3) is 0.200. The first kappa shape index (κ1) is 10.7. The average Bonchev–Trinajstić information content (AvgIpc) is 2.55. The van der Waals surface area contributed by atoms with Crippen molar-refractivity contribution in [3.8, 4) is 0 Å². The average molecular weight is 227 g/mol. The van der Waals surface area contributed by atoms with Crippen LogP contribution >= 0.6 is 0 Å². The summed E-state index contributed by atoms with van der Waals surface area (Å²) in [5, 5.41) is 5.55. The molecule has 0 amide bonds. The molecule has 84 valence electrons. The molecule has 1 aliphatic heterocycles. The molecule has 0 saturated carbocycles. The monoisotopic (exact) mass is 227 g/mol. The first-order valence-corrected chi connectivity index (χ1v) is 4.58. The summed E-state index contributed by atoms with van der Waals surface area (Å²) in [5.41, 5.74) is -0.222. The third kappa shape index (κ3) is 2.21. The van der Waals surface area contributed by atoms with Gasteiger partial charge < -0.3 is 0 Å². The molecular formula is C10H8F3N3. The minimum absolute atomic E-state index is 0.201. The van der Waals surface area contributed by atoms with Crippen LogP contribution in [-0.2, 0) is 6.18 Å². The van der Waals surface area contributed by atoms with Crippen molar-refractivity contribution in [3.05, 3.63) is 41.8 Å². The Labute approximate surface area is 89.4 Å². The number of halogens is 3. The van der Waals surface area contributed by atoms with Gasteiger partial charge in [0.2, 0.25) is 0 Å². The molecular weight excluding hydrogens is 219 g/mol. The van der Waals surface area contributed by atoms with Gasteiger partial charge in [-0.2, -0.15) is 18.3 Å². The quantitative estimate of drug-likeness (QED) is 0.786. The highest BCUT2D eigenvalue weighted by atomic mass is 19.4. The van der Waals surface area contributed by atoms with Gasteiger partial charge >= 0.3 is 6.18 Å². The van der Waals surface area contributed by atoms with Crippen molar-refractivity contribution in [2.75, 3.05) is 6.54 Å². The molecule has 0 aliphatic carbocycles. The summed E-state index contributed by atoms with van der Waals surface area (Å²) < 4.78 is 36.9. The summed E-state index contributed by atoms with van der Waals surface area (Å²) in [6, 6.07) is 0.953. The molecule has 1 aromatic heterocycles. The summed E-state index contributed by atoms with van der Waals surface area (Å²) in [6.45, 7) is 0.441. The zero-order valence-electron chi connectivity index (χ0n) is 8.12. The van der Waals surface area contributed by atoms with Gasteiger partial charge in [-0.1, -0.05) is 18.2 Å². The van der Waals surface area contributed by atoms with E-state index in [2.05, 4.69) is 10.1 Å². The maximum Gasteiger partial charge on any atom is 0.432 e. The van der Waals surface area contributed by atoms with E-state index < -0.39 is 11.9 Å². The van der Waals surface area contributed by atoms with Gasteiger partial charge in [0, 0.05) is 0 Å². The van der Waals surface area contributed by atoms with Crippen molar-refractivity contribution in [2.45, 2.75) is 6.18 Å². The van der Waals surface area contributed by atoms with Crippen molar-refractivity contribution in [3.63, 3.8) is 0 Å². The molecule has 0 aromatic carbocycles. The lowest BCUT2D eigenvalue weighted by Crippen LogP contribution is -2.04. The summed E-state index contributed by atoms with van der Waals surface area (Å²) in [5.74, 6) is 0. The second-order valence-electron chi connectivity index (χ2n) is 3.18. The molecule has 0 fully saturated rings. The zero-order chi connectivity index (χ0) is 11.6. The van der Waals surface area contributed by atoms with Crippen LogP contribution in [-0.4, -0.2) is 22.5 Å². The molecule has 0 unspecified atom stereocenters. The van der Waals surface area contributed by atoms with E-state index in [9.17, 15) is 13.2 Å². The maximum atomic E-state index is 12.3. The number of hydrogen-bond donors (Lipinski definition) is 1. The van der Waals surface area contributed by atoms with Crippen molar-refractivity contribution in [1.29, 1.82) is 0 Å². The molecule has 1 aliphatic rings. The number of nitrogens with one attached hydrogen (secondary N) is 1. The second kappa shape index (κ2) is 3.96. The van der Waals surface area contributed by atoms with Crippen LogP contribution in [0.5, 0.6) is 0 Å². The Morgan fingerprint density at radius 1 is 1.25 bits per heavy atom. The second-order valence-corrected chi connectivity index (χ2v) is 3.18. The van der Waals surface area contributed by atoms with Crippen molar-refractivity contribution >= 4 is 5.71 Å². The van der Waals surface area contributed by atoms with Crippen LogP contribution in [0.1, 0.15) is 11.4 Å². The molecule has 1 N–H and O–H groups in total. The Bertz CT molecular complexity index is 466. The van der Waals surface area contributed by atoms with E-state index in [0.717, 1.165) is 6.07 Å². The number of aromatic amines is 1. The van der Waals surface area contributed by atoms with Crippen LogP contribution in [0.25, 0.3) is 0 Å². The van der Waals surface area contributed by atoms with Gasteiger partial charge in [-0.05, 0) is 12.1 Å². The van der Waals surface area contributed by atoms with Gasteiger partial charge in [-0.3, -0.25) is 10.1 Å². The summed E-state index contributed by atoms with van der Waals surface area (Å²) in [7, 11) is 0. The molecule has 16 heavy (non-hydrogen) atoms. The number of aromatic nitrogens is 2. The standard InChI is InChI=1S/C10H8F3N3/c11-10(12,13)9-6-8(15-16-9)7-4-2-1-3-5-14-7/h1-4,6H,5H2,(H,15,16). The van der Waals surface area contributed by atoms with E-state index in [1.54, 1.807) is 24.3 Å². The molecule has 0 radical (unpaired) electrons. The summed E-state index contributed by atoms with van der Waals surface area (Å²) >= 11 is 0. The number of hydrogen-bond acceptors (Lipinski definition) is 2. The van der Waals surface area contributed by atoms with Crippen molar-refractivity contribution in [2.24, 2.45) is 4.99 Å². The van der Waals surface area contributed by atoms with Gasteiger partial charge in [-0.15, -0.1) is 0 Å². The van der Waals surface area contributed by atoms with E-state index in [0.29, 0.717) is 12.3 Å². The molecule has 6 heteroatoms. The van der Waals surface area contributed by atoms with E-state index in [-0.39, 0.29) is 5.69 Å². The number of H-pyrrole nitrogens is 1. The Kier molecular flexibility index (Phi) is 2.64. The maximum absolute atomic E-state index is 12.3. The van der Waals surface area contributed by atoms with Gasteiger partial charge in [0.05, 0.1) is 12.3 Å². The predicted molar refractivity (Wildman–Crippen MR) is 53.3 cm³/mol. The van der Waals surface area contributed by atoms with Gasteiger partial charge in [0.1, 0.15) is 11.4 Å². The van der Waals surface area contributed by atoms with Crippen molar-refractivity contribution < 1.29 is 13.2 Å². The number of rotatable bonds is 1. The van der Waals surface area contributed by atoms with Crippen LogP contribution < -0.4 is 0 Å². The molecule has 2 heterocycles. The van der Waals surface area contributed by atoms with Gasteiger partial charge in [0.15, 0.2) is 0 Å². The van der Waals surface area contributed by atoms with E-state index in [1.165, 1.54) is 0 Å². The fourth-order valence-electron chi connectivity index (χ4n) is 1.25. The SMILES string of the molecule is FC(F)(F)c1cc(C2=NCC=CC=C2)n[nH]1. The number of nitrogens with zero attached hydrogens (tertiary/aromatic N) is 2. The highest BCUT2D eigenvalue weighted by Crippen LogP contribution is 2.27. The first-order valence-electron chi connectivity index (χ1n) is 4.58. The topological polar surface area (TPSA) is 41.0 Å². The molecule has 2 rings (SSSR count). The third-order valence-electron chi connectivity index (χ3n) is 2.01. The minimum Gasteiger partial charge on any atom is -0.279 e. The molecule has 1 aromatic rings. The molecule has 0 atom stereocenters. The van der Waals surface area contributed by atoms with Crippen LogP contribution in [0.2, 0.25) is 0 Å². The van der Waals surface area contributed by atoms with Crippen LogP contribution in [0.15, 0.2) is 35.4 Å². The molecule has 0 spiro atoms. The van der Waals surface area contributed by atoms with Gasteiger partial charge in [-0.25, -0.2) is 0 Å². The van der Waals surface area contributed by atoms with E-state index >= 15 is 0 Å². The van der Waals surface area contributed by atoms with Crippen LogP contribution in [0.3, 0.4) is 0 Å². The predicted octanol–water partition coefficient (Wildman–Crippen LogP) is 2.34. The zero-order valence-corrected chi connectivity index (χ0v) is 8.12. The largest absolute Gasteiger partial charge is 0.432 e. The van der Waals surface area contributed by atoms with E-state index in [1.807, 2.05) is 5.10 Å². The summed E-state index contributed by atoms with van der Waals surface area (Å²) in [6.07, 6.45) is 2.53. The first-order chi connectivity index (χ1) is 7.57. The highest BCUT2D eigenvalue weighted by Gasteiger charge is 2.33. The Hall–Kier alpha value is -1.85. The van der Waals surface area contributed by atoms with Gasteiger partial charge in [0.25, 0.3) is 0 Å². The smallest absolute Gasteiger partial charge is 0.279 e. The Balaban J connectivity index is 2.29. The molecule has 3 nitrogen and oxygen atoms in total. The van der Waals surface area contributed by atoms with Crippen molar-refractivity contribution in [1.82, 2.24) is 10.2 Å². The Morgan fingerprint density at radius 3 is 2.75 bits per heavy atom. The number of alkyl halides is 3. The summed E-state index contributed by atoms with van der Waals surface area (Å²) in [4.78, 5) is 4.08. The number of allylic oxidation sites excluding steroid dienone is 3. The number of aliphatic imine (C=N–C) groups is 1. The molecule has 0 bridgehead atoms. The van der Waals surface area contributed by atoms with E-state index in [4.69, 9.17) is 0 Å². The normalized spacial score (nSPS) is 16.1. The van der Waals surface area contributed by atoms with Crippen LogP contribution in [0, 0.1) is 0 Å². The lowest BCUT2D eigenvalue weighted by molar-refractivity contribution is -0.141. The highest BCUT2D eigenvalue weighted by molar-refractivity contribution is 6.07. The minimum atomic E-state index is -4.40. The lowest BCUT2D eigenvalue weighted by Gasteiger charge is -1.99. The Morgan fingerprint density at radius 2 is 2.06 bits per heavy atom.